The number of unbranched alkanes of at least 4 members (excludes halogenated alkanes) is 6. The average Bonchev–Trinajstić information content (AvgIpc) is 3.60. The van der Waals surface area contributed by atoms with Crippen LogP contribution in [-0.2, 0) is 0 Å². The van der Waals surface area contributed by atoms with Gasteiger partial charge in [-0.15, -0.1) is 0 Å². The molecule has 0 atom stereocenters. The highest BCUT2D eigenvalue weighted by Gasteiger charge is 2.18. The van der Waals surface area contributed by atoms with E-state index in [4.69, 9.17) is 24.4 Å². The molecular weight excluding hydrogens is 564 g/mol. The highest BCUT2D eigenvalue weighted by atomic mass is 16.5. The van der Waals surface area contributed by atoms with Crippen molar-refractivity contribution in [2.24, 2.45) is 0 Å². The molecule has 1 fully saturated rings. The maximum Gasteiger partial charge on any atom is 0.167 e. The lowest BCUT2D eigenvalue weighted by molar-refractivity contribution is 0.303. The zero-order valence-electron chi connectivity index (χ0n) is 26.7. The van der Waals surface area contributed by atoms with Gasteiger partial charge in [0.25, 0.3) is 0 Å². The molecule has 0 unspecified atom stereocenters. The largest absolute Gasteiger partial charge is 0.507 e. The van der Waals surface area contributed by atoms with Crippen LogP contribution in [0, 0.1) is 0 Å². The fourth-order valence-electron chi connectivity index (χ4n) is 5.56. The van der Waals surface area contributed by atoms with Gasteiger partial charge in [-0.3, -0.25) is 0 Å². The Morgan fingerprint density at radius 1 is 0.600 bits per heavy atom. The second kappa shape index (κ2) is 16.1. The molecule has 1 saturated heterocycles. The smallest absolute Gasteiger partial charge is 0.167 e. The third kappa shape index (κ3) is 8.65. The third-order valence-corrected chi connectivity index (χ3v) is 8.19. The van der Waals surface area contributed by atoms with Gasteiger partial charge in [-0.25, -0.2) is 15.0 Å². The van der Waals surface area contributed by atoms with Gasteiger partial charge in [-0.2, -0.15) is 0 Å². The second-order valence-electron chi connectivity index (χ2n) is 11.7. The van der Waals surface area contributed by atoms with Crippen molar-refractivity contribution in [2.45, 2.75) is 78.1 Å². The van der Waals surface area contributed by atoms with E-state index in [1.165, 1.54) is 44.2 Å². The molecule has 2 heterocycles. The molecule has 0 spiro atoms. The Morgan fingerprint density at radius 3 is 1.56 bits per heavy atom. The monoisotopic (exact) mass is 610 g/mol. The van der Waals surface area contributed by atoms with Gasteiger partial charge in [0.2, 0.25) is 0 Å². The van der Waals surface area contributed by atoms with Crippen molar-refractivity contribution in [3.05, 3.63) is 60.7 Å². The van der Waals surface area contributed by atoms with E-state index in [2.05, 4.69) is 30.9 Å². The first-order valence-corrected chi connectivity index (χ1v) is 16.6. The van der Waals surface area contributed by atoms with Crippen LogP contribution in [-0.4, -0.2) is 51.5 Å². The summed E-state index contributed by atoms with van der Waals surface area (Å²) in [6.45, 7) is 7.69. The van der Waals surface area contributed by atoms with Gasteiger partial charge in [-0.1, -0.05) is 52.4 Å². The molecule has 1 aliphatic heterocycles. The van der Waals surface area contributed by atoms with Gasteiger partial charge < -0.3 is 24.6 Å². The molecule has 2 N–H and O–H groups in total. The summed E-state index contributed by atoms with van der Waals surface area (Å²) in [5.74, 6) is 2.30. The lowest BCUT2D eigenvalue weighted by atomic mass is 10.1. The lowest BCUT2D eigenvalue weighted by Crippen LogP contribution is -2.17. The maximum atomic E-state index is 11.0. The van der Waals surface area contributed by atoms with Crippen molar-refractivity contribution in [1.82, 2.24) is 15.0 Å². The summed E-state index contributed by atoms with van der Waals surface area (Å²) in [5, 5.41) is 22.1. The minimum Gasteiger partial charge on any atom is -0.507 e. The van der Waals surface area contributed by atoms with Gasteiger partial charge in [-0.05, 0) is 74.2 Å². The molecule has 5 rings (SSSR count). The van der Waals surface area contributed by atoms with Crippen molar-refractivity contribution < 1.29 is 19.7 Å². The van der Waals surface area contributed by atoms with E-state index in [0.29, 0.717) is 53.3 Å². The van der Waals surface area contributed by atoms with Crippen molar-refractivity contribution in [3.63, 3.8) is 0 Å². The highest BCUT2D eigenvalue weighted by molar-refractivity contribution is 5.73. The van der Waals surface area contributed by atoms with Crippen LogP contribution in [0.25, 0.3) is 34.2 Å². The number of benzene rings is 3. The average molecular weight is 611 g/mol. The van der Waals surface area contributed by atoms with Gasteiger partial charge in [0, 0.05) is 36.5 Å². The first-order valence-electron chi connectivity index (χ1n) is 16.6. The quantitative estimate of drug-likeness (QED) is 0.121. The molecule has 8 heteroatoms. The molecule has 0 radical (unpaired) electrons. The van der Waals surface area contributed by atoms with Gasteiger partial charge >= 0.3 is 0 Å². The first kappa shape index (κ1) is 32.1. The van der Waals surface area contributed by atoms with Crippen molar-refractivity contribution >= 4 is 5.69 Å². The predicted octanol–water partition coefficient (Wildman–Crippen LogP) is 8.80. The van der Waals surface area contributed by atoms with Gasteiger partial charge in [0.05, 0.1) is 24.3 Å². The SMILES string of the molecule is CCCCCCOc1ccc(-c2nc(-c3ccc(N4CCCC4)cc3)nc(-c3ccc(OCCCCCC)cc3O)n2)c(O)c1. The minimum absolute atomic E-state index is 0.0181. The van der Waals surface area contributed by atoms with Crippen molar-refractivity contribution in [2.75, 3.05) is 31.2 Å². The Labute approximate surface area is 267 Å². The standard InChI is InChI=1S/C37H46N4O4/c1-3-5-7-11-23-44-29-17-19-31(33(42)25-29)36-38-35(27-13-15-28(16-14-27)41-21-9-10-22-41)39-37(40-36)32-20-18-30(26-34(32)43)45-24-12-8-6-4-2/h13-20,25-26,42-43H,3-12,21-24H2,1-2H3. The van der Waals surface area contributed by atoms with Gasteiger partial charge in [0.15, 0.2) is 17.5 Å². The molecule has 0 bridgehead atoms. The predicted molar refractivity (Wildman–Crippen MR) is 180 cm³/mol. The van der Waals surface area contributed by atoms with Crippen LogP contribution >= 0.6 is 0 Å². The van der Waals surface area contributed by atoms with E-state index < -0.39 is 0 Å². The topological polar surface area (TPSA) is 101 Å². The molecule has 4 aromatic rings. The van der Waals surface area contributed by atoms with Crippen LogP contribution in [0.15, 0.2) is 60.7 Å². The molecule has 45 heavy (non-hydrogen) atoms. The highest BCUT2D eigenvalue weighted by Crippen LogP contribution is 2.36. The number of hydrogen-bond donors (Lipinski definition) is 2. The summed E-state index contributed by atoms with van der Waals surface area (Å²) in [5.41, 5.74) is 2.91. The van der Waals surface area contributed by atoms with Crippen LogP contribution in [0.4, 0.5) is 5.69 Å². The number of aromatic hydroxyl groups is 2. The summed E-state index contributed by atoms with van der Waals surface area (Å²) >= 11 is 0. The number of anilines is 1. The summed E-state index contributed by atoms with van der Waals surface area (Å²) < 4.78 is 11.8. The number of phenols is 2. The summed E-state index contributed by atoms with van der Waals surface area (Å²) in [6, 6.07) is 18.6. The van der Waals surface area contributed by atoms with E-state index in [1.807, 2.05) is 24.3 Å². The maximum absolute atomic E-state index is 11.0. The summed E-state index contributed by atoms with van der Waals surface area (Å²) in [6.07, 6.45) is 11.3. The van der Waals surface area contributed by atoms with Crippen molar-refractivity contribution in [1.29, 1.82) is 0 Å². The Bertz CT molecular complexity index is 1440. The van der Waals surface area contributed by atoms with Crippen LogP contribution in [0.2, 0.25) is 0 Å². The third-order valence-electron chi connectivity index (χ3n) is 8.19. The number of hydrogen-bond acceptors (Lipinski definition) is 8. The fraction of sp³-hybridized carbons (Fsp3) is 0.432. The Morgan fingerprint density at radius 2 is 1.09 bits per heavy atom. The Kier molecular flexibility index (Phi) is 11.5. The minimum atomic E-state index is 0.0181. The van der Waals surface area contributed by atoms with Gasteiger partial charge in [0.1, 0.15) is 23.0 Å². The molecule has 8 nitrogen and oxygen atoms in total. The van der Waals surface area contributed by atoms with E-state index >= 15 is 0 Å². The number of aromatic nitrogens is 3. The van der Waals surface area contributed by atoms with Crippen LogP contribution in [0.5, 0.6) is 23.0 Å². The lowest BCUT2D eigenvalue weighted by Gasteiger charge is -2.17. The van der Waals surface area contributed by atoms with E-state index in [1.54, 1.807) is 24.3 Å². The Hall–Kier alpha value is -4.33. The number of ether oxygens (including phenoxy) is 2. The summed E-state index contributed by atoms with van der Waals surface area (Å²) in [4.78, 5) is 16.7. The molecule has 3 aromatic carbocycles. The van der Waals surface area contributed by atoms with Crippen LogP contribution in [0.3, 0.4) is 0 Å². The van der Waals surface area contributed by atoms with Crippen LogP contribution in [0.1, 0.15) is 78.1 Å². The molecule has 238 valence electrons. The van der Waals surface area contributed by atoms with E-state index in [9.17, 15) is 10.2 Å². The first-order chi connectivity index (χ1) is 22.1. The van der Waals surface area contributed by atoms with E-state index in [-0.39, 0.29) is 11.5 Å². The summed E-state index contributed by atoms with van der Waals surface area (Å²) in [7, 11) is 0. The molecule has 0 saturated carbocycles. The number of phenolic OH excluding ortho intramolecular Hbond substituents is 2. The second-order valence-corrected chi connectivity index (χ2v) is 11.7. The zero-order chi connectivity index (χ0) is 31.4. The number of nitrogens with zero attached hydrogens (tertiary/aromatic N) is 4. The molecule has 1 aliphatic rings. The van der Waals surface area contributed by atoms with E-state index in [0.717, 1.165) is 44.3 Å². The fourth-order valence-corrected chi connectivity index (χ4v) is 5.56. The van der Waals surface area contributed by atoms with Crippen molar-refractivity contribution in [3.8, 4) is 57.2 Å². The van der Waals surface area contributed by atoms with Crippen LogP contribution < -0.4 is 14.4 Å². The number of rotatable bonds is 16. The molecule has 0 amide bonds. The Balaban J connectivity index is 1.44. The molecular formula is C37H46N4O4. The molecule has 0 aliphatic carbocycles. The normalized spacial score (nSPS) is 12.9. The zero-order valence-corrected chi connectivity index (χ0v) is 26.7. The molecule has 1 aromatic heterocycles.